The maximum Gasteiger partial charge on any atom is 0.334 e. The molecule has 158 valence electrons. The number of urea groups is 1. The summed E-state index contributed by atoms with van der Waals surface area (Å²) in [5, 5.41) is 0. The van der Waals surface area contributed by atoms with Crippen molar-refractivity contribution in [1.29, 1.82) is 0 Å². The molecule has 2 heterocycles. The molecule has 1 aliphatic rings. The predicted molar refractivity (Wildman–Crippen MR) is 112 cm³/mol. The molecule has 0 unspecified atom stereocenters. The number of Topliss-reactive ketones (excluding diaryl/α,β-unsaturated/α-hetero) is 1. The van der Waals surface area contributed by atoms with Crippen molar-refractivity contribution in [3.8, 4) is 0 Å². The second kappa shape index (κ2) is 8.26. The van der Waals surface area contributed by atoms with Gasteiger partial charge < -0.3 is 4.57 Å². The van der Waals surface area contributed by atoms with E-state index in [9.17, 15) is 19.2 Å². The maximum absolute atomic E-state index is 13.0. The lowest BCUT2D eigenvalue weighted by atomic mass is 10.1. The Morgan fingerprint density at radius 2 is 1.53 bits per heavy atom. The highest BCUT2D eigenvalue weighted by molar-refractivity contribution is 6.45. The van der Waals surface area contributed by atoms with Gasteiger partial charge in [-0.1, -0.05) is 44.2 Å². The van der Waals surface area contributed by atoms with E-state index in [1.54, 1.807) is 6.07 Å². The number of ketones is 1. The van der Waals surface area contributed by atoms with Gasteiger partial charge in [-0.15, -0.1) is 0 Å². The van der Waals surface area contributed by atoms with E-state index in [0.29, 0.717) is 5.56 Å². The van der Waals surface area contributed by atoms with Gasteiger partial charge in [-0.2, -0.15) is 0 Å². The minimum Gasteiger partial charge on any atom is -0.341 e. The maximum atomic E-state index is 13.0. The standard InChI is InChI=1S/C23H27N3O4/c1-14(2)12-24-21(28)22(29)25(23(24)30)13-20(27)19-11-15(3)26(17(19)5)16(4)18-9-7-6-8-10-18/h6-11,14,16H,12-13H2,1-5H3/t16-/m1/s1. The Balaban J connectivity index is 1.84. The number of rotatable bonds is 7. The highest BCUT2D eigenvalue weighted by atomic mass is 16.2. The Kier molecular flexibility index (Phi) is 5.92. The van der Waals surface area contributed by atoms with E-state index in [1.807, 2.05) is 58.0 Å². The molecule has 0 aliphatic carbocycles. The van der Waals surface area contributed by atoms with Crippen LogP contribution in [0.1, 0.15) is 54.1 Å². The molecule has 0 bridgehead atoms. The van der Waals surface area contributed by atoms with Crippen LogP contribution in [0.5, 0.6) is 0 Å². The summed E-state index contributed by atoms with van der Waals surface area (Å²) in [5.74, 6) is -2.15. The van der Waals surface area contributed by atoms with Crippen LogP contribution in [0, 0.1) is 19.8 Å². The first-order valence-corrected chi connectivity index (χ1v) is 10.1. The van der Waals surface area contributed by atoms with Gasteiger partial charge in [0.25, 0.3) is 0 Å². The van der Waals surface area contributed by atoms with Gasteiger partial charge in [0.15, 0.2) is 5.78 Å². The molecule has 1 fully saturated rings. The van der Waals surface area contributed by atoms with Gasteiger partial charge in [0, 0.05) is 23.5 Å². The number of amides is 4. The predicted octanol–water partition coefficient (Wildman–Crippen LogP) is 3.34. The molecule has 0 saturated carbocycles. The Bertz CT molecular complexity index is 1010. The fourth-order valence-electron chi connectivity index (χ4n) is 3.98. The molecule has 0 radical (unpaired) electrons. The van der Waals surface area contributed by atoms with Crippen molar-refractivity contribution in [2.75, 3.05) is 13.1 Å². The molecule has 1 atom stereocenters. The summed E-state index contributed by atoms with van der Waals surface area (Å²) in [5.41, 5.74) is 3.23. The number of hydrogen-bond donors (Lipinski definition) is 0. The Labute approximate surface area is 176 Å². The van der Waals surface area contributed by atoms with Crippen molar-refractivity contribution in [1.82, 2.24) is 14.4 Å². The number of carbonyl (C=O) groups excluding carboxylic acids is 4. The third-order valence-corrected chi connectivity index (χ3v) is 5.44. The first-order valence-electron chi connectivity index (χ1n) is 10.1. The van der Waals surface area contributed by atoms with Crippen molar-refractivity contribution in [3.05, 3.63) is 58.9 Å². The number of nitrogens with zero attached hydrogens (tertiary/aromatic N) is 3. The minimum absolute atomic E-state index is 0.0194. The van der Waals surface area contributed by atoms with Crippen LogP contribution in [-0.2, 0) is 9.59 Å². The van der Waals surface area contributed by atoms with Crippen LogP contribution >= 0.6 is 0 Å². The van der Waals surface area contributed by atoms with Crippen LogP contribution in [0.3, 0.4) is 0 Å². The summed E-state index contributed by atoms with van der Waals surface area (Å²) < 4.78 is 2.06. The van der Waals surface area contributed by atoms with E-state index in [0.717, 1.165) is 26.8 Å². The van der Waals surface area contributed by atoms with Gasteiger partial charge in [-0.3, -0.25) is 19.3 Å². The lowest BCUT2D eigenvalue weighted by molar-refractivity contribution is -0.143. The summed E-state index contributed by atoms with van der Waals surface area (Å²) in [6, 6.07) is 11.0. The summed E-state index contributed by atoms with van der Waals surface area (Å²) in [6.07, 6.45) is 0. The van der Waals surface area contributed by atoms with Gasteiger partial charge in [0.1, 0.15) is 0 Å². The van der Waals surface area contributed by atoms with Crippen LogP contribution in [0.25, 0.3) is 0 Å². The second-order valence-corrected chi connectivity index (χ2v) is 8.15. The normalized spacial score (nSPS) is 15.5. The van der Waals surface area contributed by atoms with Gasteiger partial charge in [-0.05, 0) is 38.3 Å². The van der Waals surface area contributed by atoms with Crippen molar-refractivity contribution in [3.63, 3.8) is 0 Å². The molecule has 1 aromatic heterocycles. The molecule has 1 aliphatic heterocycles. The molecule has 0 N–H and O–H groups in total. The van der Waals surface area contributed by atoms with E-state index in [1.165, 1.54) is 0 Å². The van der Waals surface area contributed by atoms with Crippen molar-refractivity contribution in [2.45, 2.75) is 40.7 Å². The molecule has 2 aromatic rings. The van der Waals surface area contributed by atoms with Crippen LogP contribution in [0.2, 0.25) is 0 Å². The van der Waals surface area contributed by atoms with E-state index in [2.05, 4.69) is 11.5 Å². The fourth-order valence-corrected chi connectivity index (χ4v) is 3.98. The van der Waals surface area contributed by atoms with E-state index < -0.39 is 24.4 Å². The van der Waals surface area contributed by atoms with E-state index in [-0.39, 0.29) is 24.3 Å². The topological polar surface area (TPSA) is 79.7 Å². The van der Waals surface area contributed by atoms with Crippen molar-refractivity contribution in [2.24, 2.45) is 5.92 Å². The molecular formula is C23H27N3O4. The first-order chi connectivity index (χ1) is 14.1. The summed E-state index contributed by atoms with van der Waals surface area (Å²) in [7, 11) is 0. The molecule has 7 nitrogen and oxygen atoms in total. The molecule has 3 rings (SSSR count). The molecule has 0 spiro atoms. The number of hydrogen-bond acceptors (Lipinski definition) is 4. The zero-order valence-electron chi connectivity index (χ0n) is 18.0. The van der Waals surface area contributed by atoms with Gasteiger partial charge in [-0.25, -0.2) is 9.69 Å². The first kappa shape index (κ1) is 21.5. The molecule has 4 amide bonds. The quantitative estimate of drug-likeness (QED) is 0.399. The number of aromatic nitrogens is 1. The molecule has 1 aromatic carbocycles. The zero-order valence-corrected chi connectivity index (χ0v) is 18.0. The van der Waals surface area contributed by atoms with Crippen molar-refractivity contribution >= 4 is 23.6 Å². The number of carbonyl (C=O) groups is 4. The van der Waals surface area contributed by atoms with Crippen LogP contribution in [0.15, 0.2) is 36.4 Å². The minimum atomic E-state index is -0.944. The summed E-state index contributed by atoms with van der Waals surface area (Å²) in [6.45, 7) is 9.23. The molecular weight excluding hydrogens is 382 g/mol. The molecule has 30 heavy (non-hydrogen) atoms. The fraction of sp³-hybridized carbons (Fsp3) is 0.391. The van der Waals surface area contributed by atoms with Crippen LogP contribution in [-0.4, -0.2) is 51.1 Å². The lowest BCUT2D eigenvalue weighted by Gasteiger charge is -2.19. The van der Waals surface area contributed by atoms with E-state index in [4.69, 9.17) is 0 Å². The second-order valence-electron chi connectivity index (χ2n) is 8.15. The highest BCUT2D eigenvalue weighted by Gasteiger charge is 2.45. The Morgan fingerprint density at radius 1 is 0.933 bits per heavy atom. The number of imide groups is 2. The average Bonchev–Trinajstić information content (AvgIpc) is 3.11. The van der Waals surface area contributed by atoms with Gasteiger partial charge in [0.05, 0.1) is 12.6 Å². The SMILES string of the molecule is Cc1cc(C(=O)CN2C(=O)C(=O)N(CC(C)C)C2=O)c(C)n1[C@H](C)c1ccccc1. The smallest absolute Gasteiger partial charge is 0.334 e. The highest BCUT2D eigenvalue weighted by Crippen LogP contribution is 2.26. The largest absolute Gasteiger partial charge is 0.341 e. The average molecular weight is 409 g/mol. The lowest BCUT2D eigenvalue weighted by Crippen LogP contribution is -2.38. The Morgan fingerprint density at radius 3 is 2.13 bits per heavy atom. The third kappa shape index (κ3) is 3.79. The monoisotopic (exact) mass is 409 g/mol. The van der Waals surface area contributed by atoms with Crippen LogP contribution < -0.4 is 0 Å². The zero-order chi connectivity index (χ0) is 22.2. The summed E-state index contributed by atoms with van der Waals surface area (Å²) >= 11 is 0. The third-order valence-electron chi connectivity index (χ3n) is 5.44. The van der Waals surface area contributed by atoms with Crippen molar-refractivity contribution < 1.29 is 19.2 Å². The van der Waals surface area contributed by atoms with Gasteiger partial charge >= 0.3 is 17.8 Å². The number of aryl methyl sites for hydroxylation is 1. The number of benzene rings is 1. The molecule has 7 heteroatoms. The van der Waals surface area contributed by atoms with Crippen LogP contribution in [0.4, 0.5) is 4.79 Å². The Hall–Kier alpha value is -3.22. The van der Waals surface area contributed by atoms with Gasteiger partial charge in [0.2, 0.25) is 0 Å². The summed E-state index contributed by atoms with van der Waals surface area (Å²) in [4.78, 5) is 51.6. The molecule has 1 saturated heterocycles. The van der Waals surface area contributed by atoms with E-state index >= 15 is 0 Å².